The average Bonchev–Trinajstić information content (AvgIpc) is 2.63. The lowest BCUT2D eigenvalue weighted by Crippen LogP contribution is -2.56. The molecule has 1 saturated heterocycles. The number of aromatic nitrogens is 2. The molecule has 1 atom stereocenters. The lowest BCUT2D eigenvalue weighted by atomic mass is 9.87. The zero-order chi connectivity index (χ0) is 14.9. The van der Waals surface area contributed by atoms with Crippen LogP contribution in [0.4, 0.5) is 4.79 Å². The summed E-state index contributed by atoms with van der Waals surface area (Å²) < 4.78 is 1.71. The summed E-state index contributed by atoms with van der Waals surface area (Å²) in [4.78, 5) is 24.4. The number of aryl methyl sites for hydroxylation is 2. The van der Waals surface area contributed by atoms with Crippen molar-refractivity contribution in [1.29, 1.82) is 0 Å². The Morgan fingerprint density at radius 2 is 2.20 bits per heavy atom. The van der Waals surface area contributed by atoms with Crippen LogP contribution in [0.25, 0.3) is 0 Å². The van der Waals surface area contributed by atoms with Crippen LogP contribution in [0.1, 0.15) is 18.2 Å². The third kappa shape index (κ3) is 2.92. The van der Waals surface area contributed by atoms with E-state index in [-0.39, 0.29) is 11.9 Å². The van der Waals surface area contributed by atoms with E-state index in [1.54, 1.807) is 16.5 Å². The number of aliphatic carboxylic acids is 1. The number of carboxylic acid groups (broad SMARTS) is 1. The van der Waals surface area contributed by atoms with E-state index in [9.17, 15) is 9.59 Å². The molecule has 2 rings (SSSR count). The molecule has 0 bridgehead atoms. The molecule has 0 radical (unpaired) electrons. The van der Waals surface area contributed by atoms with Crippen LogP contribution < -0.4 is 5.32 Å². The summed E-state index contributed by atoms with van der Waals surface area (Å²) >= 11 is 0. The molecule has 2 heterocycles. The van der Waals surface area contributed by atoms with E-state index in [0.717, 1.165) is 11.3 Å². The van der Waals surface area contributed by atoms with Gasteiger partial charge in [-0.25, -0.2) is 4.79 Å². The lowest BCUT2D eigenvalue weighted by molar-refractivity contribution is -0.144. The first kappa shape index (κ1) is 14.4. The second-order valence-electron chi connectivity index (χ2n) is 5.36. The normalized spacial score (nSPS) is 16.6. The quantitative estimate of drug-likeness (QED) is 0.845. The van der Waals surface area contributed by atoms with Gasteiger partial charge in [-0.15, -0.1) is 0 Å². The van der Waals surface area contributed by atoms with Crippen molar-refractivity contribution in [2.45, 2.75) is 20.4 Å². The summed E-state index contributed by atoms with van der Waals surface area (Å²) in [5.74, 6) is -1.15. The minimum atomic E-state index is -0.805. The van der Waals surface area contributed by atoms with E-state index >= 15 is 0 Å². The Hall–Kier alpha value is -2.05. The van der Waals surface area contributed by atoms with Gasteiger partial charge in [0, 0.05) is 44.4 Å². The molecular weight excluding hydrogens is 260 g/mol. The molecule has 7 heteroatoms. The van der Waals surface area contributed by atoms with Gasteiger partial charge >= 0.3 is 12.0 Å². The third-order valence-electron chi connectivity index (χ3n) is 3.84. The number of rotatable bonds is 4. The molecule has 1 aliphatic rings. The number of amides is 2. The maximum atomic E-state index is 11.9. The number of nitrogens with one attached hydrogen (secondary N) is 1. The Labute approximate surface area is 117 Å². The summed E-state index contributed by atoms with van der Waals surface area (Å²) in [5, 5.41) is 15.9. The van der Waals surface area contributed by atoms with Gasteiger partial charge in [-0.1, -0.05) is 6.92 Å². The SMILES string of the molecule is Cc1nn(C)cc1CNC(=O)N1CC(C(C)C(=O)O)C1. The fraction of sp³-hybridized carbons (Fsp3) is 0.615. The number of hydrogen-bond acceptors (Lipinski definition) is 3. The van der Waals surface area contributed by atoms with Crippen LogP contribution in [0, 0.1) is 18.8 Å². The Balaban J connectivity index is 1.78. The minimum Gasteiger partial charge on any atom is -0.481 e. The second-order valence-corrected chi connectivity index (χ2v) is 5.36. The monoisotopic (exact) mass is 280 g/mol. The predicted octanol–water partition coefficient (Wildman–Crippen LogP) is 0.591. The van der Waals surface area contributed by atoms with Gasteiger partial charge in [0.25, 0.3) is 0 Å². The summed E-state index contributed by atoms with van der Waals surface area (Å²) in [6.07, 6.45) is 1.88. The molecule has 0 spiro atoms. The van der Waals surface area contributed by atoms with E-state index < -0.39 is 11.9 Å². The van der Waals surface area contributed by atoms with Crippen LogP contribution in [0.2, 0.25) is 0 Å². The third-order valence-corrected chi connectivity index (χ3v) is 3.84. The molecule has 1 fully saturated rings. The van der Waals surface area contributed by atoms with E-state index in [1.165, 1.54) is 0 Å². The minimum absolute atomic E-state index is 0.0541. The highest BCUT2D eigenvalue weighted by Crippen LogP contribution is 2.23. The molecule has 1 aromatic rings. The van der Waals surface area contributed by atoms with Gasteiger partial charge in [-0.3, -0.25) is 9.48 Å². The highest BCUT2D eigenvalue weighted by atomic mass is 16.4. The van der Waals surface area contributed by atoms with Crippen molar-refractivity contribution >= 4 is 12.0 Å². The highest BCUT2D eigenvalue weighted by molar-refractivity contribution is 5.76. The van der Waals surface area contributed by atoms with E-state index in [0.29, 0.717) is 19.6 Å². The first-order valence-electron chi connectivity index (χ1n) is 6.63. The fourth-order valence-corrected chi connectivity index (χ4v) is 2.30. The summed E-state index contributed by atoms with van der Waals surface area (Å²) in [6, 6.07) is -0.151. The van der Waals surface area contributed by atoms with Crippen LogP contribution in [-0.4, -0.2) is 44.9 Å². The van der Waals surface area contributed by atoms with Crippen molar-refractivity contribution in [2.75, 3.05) is 13.1 Å². The van der Waals surface area contributed by atoms with Crippen molar-refractivity contribution in [1.82, 2.24) is 20.0 Å². The van der Waals surface area contributed by atoms with Gasteiger partial charge in [-0.2, -0.15) is 5.10 Å². The van der Waals surface area contributed by atoms with Gasteiger partial charge in [0.1, 0.15) is 0 Å². The molecule has 0 aromatic carbocycles. The van der Waals surface area contributed by atoms with Crippen molar-refractivity contribution in [2.24, 2.45) is 18.9 Å². The average molecular weight is 280 g/mol. The molecule has 2 amide bonds. The van der Waals surface area contributed by atoms with Gasteiger partial charge in [0.2, 0.25) is 0 Å². The Bertz CT molecular complexity index is 520. The Morgan fingerprint density at radius 3 is 2.70 bits per heavy atom. The molecule has 0 saturated carbocycles. The Morgan fingerprint density at radius 1 is 1.55 bits per heavy atom. The van der Waals surface area contributed by atoms with Gasteiger partial charge in [0.05, 0.1) is 11.6 Å². The zero-order valence-corrected chi connectivity index (χ0v) is 12.0. The summed E-state index contributed by atoms with van der Waals surface area (Å²) in [5.41, 5.74) is 1.88. The standard InChI is InChI=1S/C13H20N4O3/c1-8(12(18)19)11-6-17(7-11)13(20)14-4-10-5-16(3)15-9(10)2/h5,8,11H,4,6-7H2,1-3H3,(H,14,20)(H,18,19). The van der Waals surface area contributed by atoms with E-state index in [4.69, 9.17) is 5.11 Å². The van der Waals surface area contributed by atoms with Crippen LogP contribution in [-0.2, 0) is 18.4 Å². The van der Waals surface area contributed by atoms with Crippen LogP contribution >= 0.6 is 0 Å². The van der Waals surface area contributed by atoms with Crippen molar-refractivity contribution in [3.63, 3.8) is 0 Å². The molecule has 7 nitrogen and oxygen atoms in total. The van der Waals surface area contributed by atoms with Crippen LogP contribution in [0.3, 0.4) is 0 Å². The van der Waals surface area contributed by atoms with E-state index in [1.807, 2.05) is 20.2 Å². The number of carbonyl (C=O) groups excluding carboxylic acids is 1. The predicted molar refractivity (Wildman–Crippen MR) is 72.0 cm³/mol. The molecular formula is C13H20N4O3. The molecule has 1 aliphatic heterocycles. The molecule has 1 unspecified atom stereocenters. The molecule has 20 heavy (non-hydrogen) atoms. The number of nitrogens with zero attached hydrogens (tertiary/aromatic N) is 3. The lowest BCUT2D eigenvalue weighted by Gasteiger charge is -2.41. The first-order valence-corrected chi connectivity index (χ1v) is 6.63. The molecule has 0 aliphatic carbocycles. The fourth-order valence-electron chi connectivity index (χ4n) is 2.30. The first-order chi connectivity index (χ1) is 9.38. The number of likely N-dealkylation sites (tertiary alicyclic amines) is 1. The van der Waals surface area contributed by atoms with E-state index in [2.05, 4.69) is 10.4 Å². The maximum Gasteiger partial charge on any atom is 0.317 e. The van der Waals surface area contributed by atoms with Crippen molar-refractivity contribution < 1.29 is 14.7 Å². The summed E-state index contributed by atoms with van der Waals surface area (Å²) in [7, 11) is 1.84. The largest absolute Gasteiger partial charge is 0.481 e. The highest BCUT2D eigenvalue weighted by Gasteiger charge is 2.37. The number of hydrogen-bond donors (Lipinski definition) is 2. The number of carbonyl (C=O) groups is 2. The van der Waals surface area contributed by atoms with Crippen LogP contribution in [0.15, 0.2) is 6.20 Å². The maximum absolute atomic E-state index is 11.9. The van der Waals surface area contributed by atoms with Gasteiger partial charge in [0.15, 0.2) is 0 Å². The van der Waals surface area contributed by atoms with Crippen molar-refractivity contribution in [3.8, 4) is 0 Å². The molecule has 2 N–H and O–H groups in total. The van der Waals surface area contributed by atoms with Gasteiger partial charge in [-0.05, 0) is 6.92 Å². The topological polar surface area (TPSA) is 87.5 Å². The van der Waals surface area contributed by atoms with Gasteiger partial charge < -0.3 is 15.3 Å². The zero-order valence-electron chi connectivity index (χ0n) is 12.0. The number of urea groups is 1. The summed E-state index contributed by atoms with van der Waals surface area (Å²) in [6.45, 7) is 5.03. The molecule has 110 valence electrons. The Kier molecular flexibility index (Phi) is 3.96. The number of carboxylic acids is 1. The second kappa shape index (κ2) is 5.52. The van der Waals surface area contributed by atoms with Crippen LogP contribution in [0.5, 0.6) is 0 Å². The van der Waals surface area contributed by atoms with Crippen molar-refractivity contribution in [3.05, 3.63) is 17.5 Å². The smallest absolute Gasteiger partial charge is 0.317 e. The molecule has 1 aromatic heterocycles.